The average molecular weight is 220 g/mol. The monoisotopic (exact) mass is 220 g/mol. The number of benzene rings is 1. The molecule has 0 aliphatic carbocycles. The summed E-state index contributed by atoms with van der Waals surface area (Å²) >= 11 is 0. The van der Waals surface area contributed by atoms with Crippen molar-refractivity contribution in [3.63, 3.8) is 0 Å². The van der Waals surface area contributed by atoms with Crippen LogP contribution in [0.3, 0.4) is 0 Å². The van der Waals surface area contributed by atoms with Crippen molar-refractivity contribution in [1.82, 2.24) is 0 Å². The van der Waals surface area contributed by atoms with E-state index in [0.717, 1.165) is 31.6 Å². The number of anilines is 1. The number of nitriles is 1. The number of hydrogen-bond donors (Lipinski definition) is 0. The Morgan fingerprint density at radius 1 is 1.25 bits per heavy atom. The highest BCUT2D eigenvalue weighted by atomic mass is 19.1. The van der Waals surface area contributed by atoms with Gasteiger partial charge in [-0.25, -0.2) is 4.39 Å². The lowest BCUT2D eigenvalue weighted by Crippen LogP contribution is -2.24. The van der Waals surface area contributed by atoms with E-state index in [0.29, 0.717) is 0 Å². The summed E-state index contributed by atoms with van der Waals surface area (Å²) in [5.74, 6) is -0.445. The van der Waals surface area contributed by atoms with Crippen LogP contribution < -0.4 is 4.90 Å². The van der Waals surface area contributed by atoms with Crippen molar-refractivity contribution in [2.24, 2.45) is 0 Å². The predicted molar refractivity (Wildman–Crippen MR) is 63.9 cm³/mol. The first kappa shape index (κ1) is 12.5. The van der Waals surface area contributed by atoms with Crippen LogP contribution in [0.1, 0.15) is 32.3 Å². The molecule has 0 radical (unpaired) electrons. The molecule has 0 fully saturated rings. The van der Waals surface area contributed by atoms with Gasteiger partial charge in [0.2, 0.25) is 0 Å². The number of halogens is 1. The van der Waals surface area contributed by atoms with Gasteiger partial charge in [0.25, 0.3) is 0 Å². The maximum atomic E-state index is 13.2. The highest BCUT2D eigenvalue weighted by Gasteiger charge is 2.08. The fourth-order valence-corrected chi connectivity index (χ4v) is 1.71. The molecule has 1 aromatic carbocycles. The Morgan fingerprint density at radius 3 is 2.38 bits per heavy atom. The SMILES string of the molecule is CCCN(CCC)c1ccc(F)c(C#N)c1. The minimum atomic E-state index is -0.445. The fraction of sp³-hybridized carbons (Fsp3) is 0.462. The molecule has 0 aliphatic rings. The second kappa shape index (κ2) is 6.12. The van der Waals surface area contributed by atoms with Crippen molar-refractivity contribution in [2.45, 2.75) is 26.7 Å². The summed E-state index contributed by atoms with van der Waals surface area (Å²) in [6.45, 7) is 6.09. The van der Waals surface area contributed by atoms with Crippen LogP contribution in [-0.2, 0) is 0 Å². The second-order valence-corrected chi connectivity index (χ2v) is 3.76. The number of nitrogens with zero attached hydrogens (tertiary/aromatic N) is 2. The van der Waals surface area contributed by atoms with Gasteiger partial charge in [-0.3, -0.25) is 0 Å². The van der Waals surface area contributed by atoms with Gasteiger partial charge in [-0.2, -0.15) is 5.26 Å². The normalized spacial score (nSPS) is 9.88. The lowest BCUT2D eigenvalue weighted by atomic mass is 10.2. The Kier molecular flexibility index (Phi) is 4.78. The van der Waals surface area contributed by atoms with Gasteiger partial charge >= 0.3 is 0 Å². The van der Waals surface area contributed by atoms with Gasteiger partial charge in [0.05, 0.1) is 5.56 Å². The van der Waals surface area contributed by atoms with Crippen molar-refractivity contribution < 1.29 is 4.39 Å². The van der Waals surface area contributed by atoms with Crippen molar-refractivity contribution in [3.8, 4) is 6.07 Å². The summed E-state index contributed by atoms with van der Waals surface area (Å²) in [5, 5.41) is 8.78. The third-order valence-corrected chi connectivity index (χ3v) is 2.42. The Morgan fingerprint density at radius 2 is 1.88 bits per heavy atom. The number of hydrogen-bond acceptors (Lipinski definition) is 2. The van der Waals surface area contributed by atoms with Gasteiger partial charge in [0.15, 0.2) is 0 Å². The third kappa shape index (κ3) is 2.96. The van der Waals surface area contributed by atoms with Gasteiger partial charge in [-0.15, -0.1) is 0 Å². The van der Waals surface area contributed by atoms with Gasteiger partial charge < -0.3 is 4.90 Å². The summed E-state index contributed by atoms with van der Waals surface area (Å²) in [5.41, 5.74) is 1.05. The van der Waals surface area contributed by atoms with Gasteiger partial charge in [0.1, 0.15) is 11.9 Å². The molecule has 2 nitrogen and oxygen atoms in total. The first-order chi connectivity index (χ1) is 7.72. The van der Waals surface area contributed by atoms with Gasteiger partial charge in [-0.05, 0) is 31.0 Å². The van der Waals surface area contributed by atoms with Crippen LogP contribution in [0.4, 0.5) is 10.1 Å². The molecule has 1 aromatic rings. The Balaban J connectivity index is 2.96. The molecule has 0 aliphatic heterocycles. The topological polar surface area (TPSA) is 27.0 Å². The largest absolute Gasteiger partial charge is 0.372 e. The minimum absolute atomic E-state index is 0.120. The van der Waals surface area contributed by atoms with Crippen LogP contribution in [0.5, 0.6) is 0 Å². The van der Waals surface area contributed by atoms with Crippen LogP contribution in [0.25, 0.3) is 0 Å². The first-order valence-corrected chi connectivity index (χ1v) is 5.67. The molecule has 0 heterocycles. The van der Waals surface area contributed by atoms with E-state index in [4.69, 9.17) is 5.26 Å². The lowest BCUT2D eigenvalue weighted by Gasteiger charge is -2.23. The van der Waals surface area contributed by atoms with E-state index in [2.05, 4.69) is 18.7 Å². The third-order valence-electron chi connectivity index (χ3n) is 2.42. The zero-order chi connectivity index (χ0) is 12.0. The molecule has 16 heavy (non-hydrogen) atoms. The number of rotatable bonds is 5. The second-order valence-electron chi connectivity index (χ2n) is 3.76. The van der Waals surface area contributed by atoms with Crippen LogP contribution in [0.15, 0.2) is 18.2 Å². The zero-order valence-electron chi connectivity index (χ0n) is 9.83. The minimum Gasteiger partial charge on any atom is -0.372 e. The summed E-state index contributed by atoms with van der Waals surface area (Å²) in [4.78, 5) is 2.18. The molecule has 86 valence electrons. The molecule has 3 heteroatoms. The molecular formula is C13H17FN2. The highest BCUT2D eigenvalue weighted by molar-refractivity contribution is 5.52. The lowest BCUT2D eigenvalue weighted by molar-refractivity contribution is 0.623. The van der Waals surface area contributed by atoms with Crippen molar-refractivity contribution in [2.75, 3.05) is 18.0 Å². The van der Waals surface area contributed by atoms with E-state index in [1.54, 1.807) is 12.1 Å². The Bertz CT molecular complexity index is 376. The van der Waals surface area contributed by atoms with Crippen molar-refractivity contribution >= 4 is 5.69 Å². The molecule has 0 amide bonds. The predicted octanol–water partition coefficient (Wildman–Crippen LogP) is 3.32. The first-order valence-electron chi connectivity index (χ1n) is 5.67. The fourth-order valence-electron chi connectivity index (χ4n) is 1.71. The molecule has 0 saturated heterocycles. The Hall–Kier alpha value is -1.56. The van der Waals surface area contributed by atoms with Crippen LogP contribution >= 0.6 is 0 Å². The molecule has 1 rings (SSSR count). The van der Waals surface area contributed by atoms with E-state index >= 15 is 0 Å². The molecule has 0 spiro atoms. The van der Waals surface area contributed by atoms with E-state index in [-0.39, 0.29) is 5.56 Å². The van der Waals surface area contributed by atoms with E-state index < -0.39 is 5.82 Å². The standard InChI is InChI=1S/C13H17FN2/c1-3-7-16(8-4-2)12-5-6-13(14)11(9-12)10-15/h5-6,9H,3-4,7-8H2,1-2H3. The molecule has 0 unspecified atom stereocenters. The molecule has 0 N–H and O–H groups in total. The van der Waals surface area contributed by atoms with E-state index in [1.165, 1.54) is 6.07 Å². The maximum absolute atomic E-state index is 13.2. The maximum Gasteiger partial charge on any atom is 0.141 e. The summed E-state index contributed by atoms with van der Waals surface area (Å²) < 4.78 is 13.2. The van der Waals surface area contributed by atoms with E-state index in [9.17, 15) is 4.39 Å². The summed E-state index contributed by atoms with van der Waals surface area (Å²) in [6, 6.07) is 6.60. The smallest absolute Gasteiger partial charge is 0.141 e. The Labute approximate surface area is 96.3 Å². The van der Waals surface area contributed by atoms with Crippen LogP contribution in [-0.4, -0.2) is 13.1 Å². The summed E-state index contributed by atoms with van der Waals surface area (Å²) in [7, 11) is 0. The van der Waals surface area contributed by atoms with Gasteiger partial charge in [0, 0.05) is 18.8 Å². The van der Waals surface area contributed by atoms with E-state index in [1.807, 2.05) is 6.07 Å². The highest BCUT2D eigenvalue weighted by Crippen LogP contribution is 2.19. The quantitative estimate of drug-likeness (QED) is 0.761. The average Bonchev–Trinajstić information content (AvgIpc) is 2.29. The van der Waals surface area contributed by atoms with Crippen molar-refractivity contribution in [1.29, 1.82) is 5.26 Å². The van der Waals surface area contributed by atoms with Crippen molar-refractivity contribution in [3.05, 3.63) is 29.6 Å². The molecule has 0 saturated carbocycles. The molecular weight excluding hydrogens is 203 g/mol. The summed E-state index contributed by atoms with van der Waals surface area (Å²) in [6.07, 6.45) is 2.08. The van der Waals surface area contributed by atoms with Crippen LogP contribution in [0, 0.1) is 17.1 Å². The zero-order valence-corrected chi connectivity index (χ0v) is 9.83. The molecule has 0 aromatic heterocycles. The molecule has 0 bridgehead atoms. The van der Waals surface area contributed by atoms with Crippen LogP contribution in [0.2, 0.25) is 0 Å². The van der Waals surface area contributed by atoms with Gasteiger partial charge in [-0.1, -0.05) is 13.8 Å². The molecule has 0 atom stereocenters.